The molecule has 2 heterocycles. The molecule has 0 fully saturated rings. The van der Waals surface area contributed by atoms with Crippen LogP contribution >= 0.6 is 11.3 Å². The van der Waals surface area contributed by atoms with Gasteiger partial charge in [-0.2, -0.15) is 4.98 Å². The molecule has 0 bridgehead atoms. The van der Waals surface area contributed by atoms with Crippen LogP contribution in [0.5, 0.6) is 0 Å². The zero-order valence-corrected chi connectivity index (χ0v) is 14.5. The highest BCUT2D eigenvalue weighted by molar-refractivity contribution is 7.94. The van der Waals surface area contributed by atoms with E-state index in [1.165, 1.54) is 0 Å². The van der Waals surface area contributed by atoms with Crippen molar-refractivity contribution < 1.29 is 12.9 Å². The van der Waals surface area contributed by atoms with Crippen LogP contribution in [0.15, 0.2) is 38.4 Å². The number of nitrogens with one attached hydrogen (secondary N) is 1. The van der Waals surface area contributed by atoms with Crippen LogP contribution < -0.4 is 4.72 Å². The maximum Gasteiger partial charge on any atom is 0.271 e. The standard InChI is InChI=1S/C15H15N3O3S2/c1-9-4-5-13(6-10(9)2)18-23(19,20)14-7-12(8-22-14)15-16-11(3)21-17-15/h4-8,18H,1-3H3. The van der Waals surface area contributed by atoms with Crippen LogP contribution in [0.3, 0.4) is 0 Å². The van der Waals surface area contributed by atoms with Gasteiger partial charge in [0.25, 0.3) is 10.0 Å². The van der Waals surface area contributed by atoms with Gasteiger partial charge >= 0.3 is 0 Å². The minimum Gasteiger partial charge on any atom is -0.339 e. The van der Waals surface area contributed by atoms with Gasteiger partial charge in [0.2, 0.25) is 11.7 Å². The highest BCUT2D eigenvalue weighted by atomic mass is 32.2. The van der Waals surface area contributed by atoms with Crippen molar-refractivity contribution in [2.75, 3.05) is 4.72 Å². The van der Waals surface area contributed by atoms with Gasteiger partial charge in [-0.05, 0) is 43.2 Å². The second kappa shape index (κ2) is 5.78. The molecule has 120 valence electrons. The number of thiophene rings is 1. The molecule has 2 aromatic heterocycles. The number of rotatable bonds is 4. The van der Waals surface area contributed by atoms with Crippen LogP contribution in [0.4, 0.5) is 5.69 Å². The largest absolute Gasteiger partial charge is 0.339 e. The molecule has 0 aliphatic heterocycles. The fraction of sp³-hybridized carbons (Fsp3) is 0.200. The van der Waals surface area contributed by atoms with E-state index in [2.05, 4.69) is 14.9 Å². The summed E-state index contributed by atoms with van der Waals surface area (Å²) >= 11 is 1.12. The first-order valence-corrected chi connectivity index (χ1v) is 9.21. The highest BCUT2D eigenvalue weighted by Gasteiger charge is 2.19. The number of aromatic nitrogens is 2. The van der Waals surface area contributed by atoms with E-state index in [9.17, 15) is 8.42 Å². The molecule has 3 rings (SSSR count). The monoisotopic (exact) mass is 349 g/mol. The lowest BCUT2D eigenvalue weighted by molar-refractivity contribution is 0.394. The van der Waals surface area contributed by atoms with E-state index in [1.807, 2.05) is 26.0 Å². The van der Waals surface area contributed by atoms with Gasteiger partial charge in [0, 0.05) is 23.6 Å². The van der Waals surface area contributed by atoms with Crippen molar-refractivity contribution >= 4 is 27.0 Å². The summed E-state index contributed by atoms with van der Waals surface area (Å²) in [5, 5.41) is 5.49. The van der Waals surface area contributed by atoms with E-state index in [0.717, 1.165) is 22.5 Å². The van der Waals surface area contributed by atoms with Crippen LogP contribution in [-0.2, 0) is 10.0 Å². The Morgan fingerprint density at radius 3 is 2.57 bits per heavy atom. The van der Waals surface area contributed by atoms with E-state index in [1.54, 1.807) is 24.4 Å². The van der Waals surface area contributed by atoms with Gasteiger partial charge in [-0.3, -0.25) is 4.72 Å². The van der Waals surface area contributed by atoms with E-state index < -0.39 is 10.0 Å². The van der Waals surface area contributed by atoms with Gasteiger partial charge in [0.15, 0.2) is 0 Å². The van der Waals surface area contributed by atoms with Crippen LogP contribution in [0.25, 0.3) is 11.4 Å². The summed E-state index contributed by atoms with van der Waals surface area (Å²) in [5.41, 5.74) is 3.30. The number of sulfonamides is 1. The number of hydrogen-bond donors (Lipinski definition) is 1. The number of anilines is 1. The first-order chi connectivity index (χ1) is 10.8. The van der Waals surface area contributed by atoms with Gasteiger partial charge in [-0.25, -0.2) is 8.42 Å². The van der Waals surface area contributed by atoms with Gasteiger partial charge in [0.1, 0.15) is 4.21 Å². The molecule has 0 radical (unpaired) electrons. The third kappa shape index (κ3) is 3.27. The molecule has 0 spiro atoms. The maximum absolute atomic E-state index is 12.5. The van der Waals surface area contributed by atoms with Crippen LogP contribution in [0, 0.1) is 20.8 Å². The smallest absolute Gasteiger partial charge is 0.271 e. The Kier molecular flexibility index (Phi) is 3.95. The average molecular weight is 349 g/mol. The Balaban J connectivity index is 1.88. The van der Waals surface area contributed by atoms with Gasteiger partial charge in [0.05, 0.1) is 0 Å². The zero-order valence-electron chi connectivity index (χ0n) is 12.8. The van der Waals surface area contributed by atoms with Crippen molar-refractivity contribution in [2.45, 2.75) is 25.0 Å². The second-order valence-electron chi connectivity index (χ2n) is 5.20. The fourth-order valence-electron chi connectivity index (χ4n) is 2.00. The maximum atomic E-state index is 12.5. The first kappa shape index (κ1) is 15.7. The summed E-state index contributed by atoms with van der Waals surface area (Å²) in [6.45, 7) is 5.60. The molecule has 3 aromatic rings. The SMILES string of the molecule is Cc1nc(-c2csc(S(=O)(=O)Nc3ccc(C)c(C)c3)c2)no1. The number of hydrogen-bond acceptors (Lipinski definition) is 6. The molecule has 0 aliphatic rings. The average Bonchev–Trinajstić information content (AvgIpc) is 3.11. The quantitative estimate of drug-likeness (QED) is 0.779. The van der Waals surface area contributed by atoms with E-state index in [4.69, 9.17) is 4.52 Å². The summed E-state index contributed by atoms with van der Waals surface area (Å²) in [6, 6.07) is 6.98. The fourth-order valence-corrected chi connectivity index (χ4v) is 4.21. The topological polar surface area (TPSA) is 85.1 Å². The Morgan fingerprint density at radius 1 is 1.13 bits per heavy atom. The summed E-state index contributed by atoms with van der Waals surface area (Å²) in [6.07, 6.45) is 0. The van der Waals surface area contributed by atoms with Crippen molar-refractivity contribution in [1.29, 1.82) is 0 Å². The molecule has 0 saturated heterocycles. The van der Waals surface area contributed by atoms with Crippen molar-refractivity contribution in [1.82, 2.24) is 10.1 Å². The third-order valence-electron chi connectivity index (χ3n) is 3.39. The zero-order chi connectivity index (χ0) is 16.6. The molecular formula is C15H15N3O3S2. The summed E-state index contributed by atoms with van der Waals surface area (Å²) in [5.74, 6) is 0.815. The second-order valence-corrected chi connectivity index (χ2v) is 8.02. The third-order valence-corrected chi connectivity index (χ3v) is 6.21. The summed E-state index contributed by atoms with van der Waals surface area (Å²) in [4.78, 5) is 4.10. The van der Waals surface area contributed by atoms with Crippen molar-refractivity contribution in [3.8, 4) is 11.4 Å². The van der Waals surface area contributed by atoms with Crippen molar-refractivity contribution in [3.63, 3.8) is 0 Å². The van der Waals surface area contributed by atoms with Gasteiger partial charge in [-0.1, -0.05) is 11.2 Å². The molecule has 1 N–H and O–H groups in total. The number of nitrogens with zero attached hydrogens (tertiary/aromatic N) is 2. The molecule has 23 heavy (non-hydrogen) atoms. The van der Waals surface area contributed by atoms with Crippen LogP contribution in [0.2, 0.25) is 0 Å². The normalized spacial score (nSPS) is 11.6. The van der Waals surface area contributed by atoms with Crippen molar-refractivity contribution in [3.05, 3.63) is 46.7 Å². The summed E-state index contributed by atoms with van der Waals surface area (Å²) in [7, 11) is -3.64. The molecule has 8 heteroatoms. The van der Waals surface area contributed by atoms with Crippen molar-refractivity contribution in [2.24, 2.45) is 0 Å². The molecular weight excluding hydrogens is 334 g/mol. The Hall–Kier alpha value is -2.19. The molecule has 0 saturated carbocycles. The Morgan fingerprint density at radius 2 is 1.91 bits per heavy atom. The predicted molar refractivity (Wildman–Crippen MR) is 89.1 cm³/mol. The Labute approximate surface area is 138 Å². The summed E-state index contributed by atoms with van der Waals surface area (Å²) < 4.78 is 32.7. The van der Waals surface area contributed by atoms with Gasteiger partial charge < -0.3 is 4.52 Å². The van der Waals surface area contributed by atoms with Crippen LogP contribution in [-0.4, -0.2) is 18.6 Å². The first-order valence-electron chi connectivity index (χ1n) is 6.84. The highest BCUT2D eigenvalue weighted by Crippen LogP contribution is 2.28. The van der Waals surface area contributed by atoms with E-state index in [-0.39, 0.29) is 4.21 Å². The molecule has 1 aromatic carbocycles. The Bertz CT molecular complexity index is 958. The molecule has 0 amide bonds. The lowest BCUT2D eigenvalue weighted by Crippen LogP contribution is -2.11. The van der Waals surface area contributed by atoms with E-state index in [0.29, 0.717) is 23.0 Å². The van der Waals surface area contributed by atoms with Gasteiger partial charge in [-0.15, -0.1) is 11.3 Å². The van der Waals surface area contributed by atoms with Crippen LogP contribution in [0.1, 0.15) is 17.0 Å². The predicted octanol–water partition coefficient (Wildman–Crippen LogP) is 3.52. The lowest BCUT2D eigenvalue weighted by Gasteiger charge is -2.08. The minimum absolute atomic E-state index is 0.202. The number of benzene rings is 1. The number of aryl methyl sites for hydroxylation is 3. The molecule has 6 nitrogen and oxygen atoms in total. The molecule has 0 atom stereocenters. The molecule has 0 unspecified atom stereocenters. The van der Waals surface area contributed by atoms with E-state index >= 15 is 0 Å². The molecule has 0 aliphatic carbocycles. The lowest BCUT2D eigenvalue weighted by atomic mass is 10.1. The minimum atomic E-state index is -3.64.